The summed E-state index contributed by atoms with van der Waals surface area (Å²) in [5, 5.41) is 2.60. The Kier molecular flexibility index (Phi) is 6.28. The van der Waals surface area contributed by atoms with Gasteiger partial charge in [-0.2, -0.15) is 0 Å². The number of hydrogen-bond acceptors (Lipinski definition) is 5. The number of hydrogen-bond donors (Lipinski definition) is 1. The second kappa shape index (κ2) is 8.63. The first-order valence-electron chi connectivity index (χ1n) is 7.90. The number of aromatic nitrogens is 1. The molecule has 0 saturated carbocycles. The zero-order valence-electron chi connectivity index (χ0n) is 14.5. The van der Waals surface area contributed by atoms with Gasteiger partial charge in [0.2, 0.25) is 5.91 Å². The van der Waals surface area contributed by atoms with E-state index in [2.05, 4.69) is 10.3 Å². The fourth-order valence-electron chi connectivity index (χ4n) is 2.09. The lowest BCUT2D eigenvalue weighted by Crippen LogP contribution is -2.15. The molecule has 25 heavy (non-hydrogen) atoms. The van der Waals surface area contributed by atoms with Gasteiger partial charge in [0.05, 0.1) is 6.61 Å². The van der Waals surface area contributed by atoms with Crippen LogP contribution >= 0.6 is 0 Å². The molecule has 0 spiro atoms. The number of pyridine rings is 1. The molecule has 0 unspecified atom stereocenters. The minimum absolute atomic E-state index is 0.179. The van der Waals surface area contributed by atoms with Crippen molar-refractivity contribution in [3.63, 3.8) is 0 Å². The molecule has 0 bridgehead atoms. The van der Waals surface area contributed by atoms with E-state index in [0.29, 0.717) is 0 Å². The highest BCUT2D eigenvalue weighted by molar-refractivity contribution is 6.05. The third kappa shape index (κ3) is 5.17. The summed E-state index contributed by atoms with van der Waals surface area (Å²) in [5.41, 5.74) is 2.20. The number of benzene rings is 1. The third-order valence-corrected chi connectivity index (χ3v) is 3.38. The van der Waals surface area contributed by atoms with E-state index in [1.807, 2.05) is 43.3 Å². The monoisotopic (exact) mass is 339 g/mol. The van der Waals surface area contributed by atoms with Gasteiger partial charge in [-0.1, -0.05) is 12.1 Å². The van der Waals surface area contributed by atoms with Crippen LogP contribution in [0.25, 0.3) is 6.08 Å². The molecule has 2 rings (SSSR count). The van der Waals surface area contributed by atoms with Crippen LogP contribution in [-0.2, 0) is 9.53 Å². The lowest BCUT2D eigenvalue weighted by Gasteiger charge is -2.11. The average Bonchev–Trinajstić information content (AvgIpc) is 2.61. The van der Waals surface area contributed by atoms with E-state index in [0.717, 1.165) is 11.3 Å². The van der Waals surface area contributed by atoms with Gasteiger partial charge in [-0.3, -0.25) is 4.79 Å². The van der Waals surface area contributed by atoms with E-state index in [4.69, 9.17) is 4.74 Å². The van der Waals surface area contributed by atoms with Crippen LogP contribution < -0.4 is 10.2 Å². The maximum absolute atomic E-state index is 12.1. The van der Waals surface area contributed by atoms with Crippen LogP contribution in [0.2, 0.25) is 0 Å². The number of rotatable bonds is 6. The van der Waals surface area contributed by atoms with Crippen molar-refractivity contribution in [3.8, 4) is 0 Å². The number of ether oxygens (including phenoxy) is 1. The van der Waals surface area contributed by atoms with Crippen LogP contribution in [0, 0.1) is 0 Å². The molecule has 0 atom stereocenters. The van der Waals surface area contributed by atoms with E-state index < -0.39 is 5.97 Å². The summed E-state index contributed by atoms with van der Waals surface area (Å²) in [5.74, 6) is -0.714. The highest BCUT2D eigenvalue weighted by Crippen LogP contribution is 2.15. The van der Waals surface area contributed by atoms with E-state index in [9.17, 15) is 9.59 Å². The Labute approximate surface area is 147 Å². The lowest BCUT2D eigenvalue weighted by molar-refractivity contribution is -0.111. The van der Waals surface area contributed by atoms with Crippen molar-refractivity contribution in [1.29, 1.82) is 0 Å². The van der Waals surface area contributed by atoms with Gasteiger partial charge < -0.3 is 15.0 Å². The highest BCUT2D eigenvalue weighted by Gasteiger charge is 2.14. The summed E-state index contributed by atoms with van der Waals surface area (Å²) in [4.78, 5) is 30.0. The standard InChI is InChI=1S/C19H21N3O3/c1-4-25-19(24)16-6-5-13-20-18(16)21-17(23)12-9-14-7-10-15(11-8-14)22(2)3/h5-13H,4H2,1-3H3,(H,20,21,23)/b12-9+. The number of nitrogens with one attached hydrogen (secondary N) is 1. The van der Waals surface area contributed by atoms with Gasteiger partial charge in [-0.15, -0.1) is 0 Å². The second-order valence-corrected chi connectivity index (χ2v) is 5.43. The van der Waals surface area contributed by atoms with Gasteiger partial charge in [0, 0.05) is 32.1 Å². The summed E-state index contributed by atoms with van der Waals surface area (Å²) in [7, 11) is 3.93. The van der Waals surface area contributed by atoms with Gasteiger partial charge in [0.15, 0.2) is 0 Å². The van der Waals surface area contributed by atoms with Gasteiger partial charge in [-0.05, 0) is 42.8 Å². The Balaban J connectivity index is 2.06. The van der Waals surface area contributed by atoms with Crippen LogP contribution in [-0.4, -0.2) is 37.6 Å². The molecule has 0 aliphatic carbocycles. The summed E-state index contributed by atoms with van der Waals surface area (Å²) in [6.07, 6.45) is 4.60. The fourth-order valence-corrected chi connectivity index (χ4v) is 2.09. The van der Waals surface area contributed by atoms with E-state index in [1.165, 1.54) is 12.3 Å². The molecule has 1 N–H and O–H groups in total. The Bertz CT molecular complexity index is 768. The predicted molar refractivity (Wildman–Crippen MR) is 98.6 cm³/mol. The minimum atomic E-state index is -0.519. The van der Waals surface area contributed by atoms with Crippen molar-refractivity contribution in [3.05, 3.63) is 59.8 Å². The predicted octanol–water partition coefficient (Wildman–Crippen LogP) is 2.98. The number of anilines is 2. The zero-order valence-corrected chi connectivity index (χ0v) is 14.5. The topological polar surface area (TPSA) is 71.5 Å². The summed E-state index contributed by atoms with van der Waals surface area (Å²) < 4.78 is 4.96. The molecule has 0 saturated heterocycles. The van der Waals surface area contributed by atoms with Crippen LogP contribution in [0.4, 0.5) is 11.5 Å². The smallest absolute Gasteiger partial charge is 0.341 e. The zero-order chi connectivity index (χ0) is 18.2. The first-order valence-corrected chi connectivity index (χ1v) is 7.90. The van der Waals surface area contributed by atoms with Crippen molar-refractivity contribution in [2.45, 2.75) is 6.92 Å². The van der Waals surface area contributed by atoms with Crippen LogP contribution in [0.5, 0.6) is 0 Å². The van der Waals surface area contributed by atoms with Crippen LogP contribution in [0.1, 0.15) is 22.8 Å². The third-order valence-electron chi connectivity index (χ3n) is 3.38. The Hall–Kier alpha value is -3.15. The number of carbonyl (C=O) groups excluding carboxylic acids is 2. The largest absolute Gasteiger partial charge is 0.462 e. The van der Waals surface area contributed by atoms with E-state index in [1.54, 1.807) is 25.1 Å². The van der Waals surface area contributed by atoms with Crippen LogP contribution in [0.3, 0.4) is 0 Å². The number of carbonyl (C=O) groups is 2. The van der Waals surface area contributed by atoms with Crippen molar-refractivity contribution in [2.75, 3.05) is 30.9 Å². The Morgan fingerprint density at radius 2 is 1.92 bits per heavy atom. The SMILES string of the molecule is CCOC(=O)c1cccnc1NC(=O)/C=C/c1ccc(N(C)C)cc1. The maximum atomic E-state index is 12.1. The molecule has 6 heteroatoms. The molecule has 1 amide bonds. The quantitative estimate of drug-likeness (QED) is 0.647. The maximum Gasteiger partial charge on any atom is 0.341 e. The molecule has 0 fully saturated rings. The van der Waals surface area contributed by atoms with Crippen molar-refractivity contribution in [2.24, 2.45) is 0 Å². The number of nitrogens with zero attached hydrogens (tertiary/aromatic N) is 2. The lowest BCUT2D eigenvalue weighted by atomic mass is 10.2. The molecule has 0 aliphatic heterocycles. The highest BCUT2D eigenvalue weighted by atomic mass is 16.5. The Morgan fingerprint density at radius 3 is 2.56 bits per heavy atom. The molecular formula is C19H21N3O3. The van der Waals surface area contributed by atoms with Gasteiger partial charge in [0.1, 0.15) is 11.4 Å². The van der Waals surface area contributed by atoms with Gasteiger partial charge >= 0.3 is 5.97 Å². The van der Waals surface area contributed by atoms with E-state index in [-0.39, 0.29) is 23.9 Å². The van der Waals surface area contributed by atoms with Crippen molar-refractivity contribution >= 4 is 29.5 Å². The molecule has 1 aromatic carbocycles. The van der Waals surface area contributed by atoms with E-state index >= 15 is 0 Å². The number of esters is 1. The molecule has 0 radical (unpaired) electrons. The molecule has 1 aromatic heterocycles. The molecule has 6 nitrogen and oxygen atoms in total. The van der Waals surface area contributed by atoms with Crippen molar-refractivity contribution < 1.29 is 14.3 Å². The van der Waals surface area contributed by atoms with Crippen molar-refractivity contribution in [1.82, 2.24) is 4.98 Å². The normalized spacial score (nSPS) is 10.5. The fraction of sp³-hybridized carbons (Fsp3) is 0.211. The second-order valence-electron chi connectivity index (χ2n) is 5.43. The Morgan fingerprint density at radius 1 is 1.20 bits per heavy atom. The van der Waals surface area contributed by atoms with Gasteiger partial charge in [0.25, 0.3) is 0 Å². The van der Waals surface area contributed by atoms with Gasteiger partial charge in [-0.25, -0.2) is 9.78 Å². The van der Waals surface area contributed by atoms with Crippen LogP contribution in [0.15, 0.2) is 48.7 Å². The average molecular weight is 339 g/mol. The summed E-state index contributed by atoms with van der Waals surface area (Å²) in [6, 6.07) is 11.0. The summed E-state index contributed by atoms with van der Waals surface area (Å²) >= 11 is 0. The molecule has 130 valence electrons. The molecular weight excluding hydrogens is 318 g/mol. The first-order chi connectivity index (χ1) is 12.0. The molecule has 0 aliphatic rings. The molecule has 1 heterocycles. The number of amides is 1. The molecule has 2 aromatic rings. The summed E-state index contributed by atoms with van der Waals surface area (Å²) in [6.45, 7) is 1.97. The first kappa shape index (κ1) is 18.2. The minimum Gasteiger partial charge on any atom is -0.462 e.